The molecular weight excluding hydrogens is 177 g/mol. The molecule has 2 rings (SSSR count). The molecule has 0 aromatic rings. The van der Waals surface area contributed by atoms with Gasteiger partial charge < -0.3 is 0 Å². The van der Waals surface area contributed by atoms with Gasteiger partial charge in [-0.05, 0) is 37.0 Å². The SMILES string of the molecule is CC1CC2CC1CC2(C)C(F)(F)F. The molecule has 2 bridgehead atoms. The molecule has 0 spiro atoms. The molecule has 0 N–H and O–H groups in total. The van der Waals surface area contributed by atoms with Crippen molar-refractivity contribution in [3.63, 3.8) is 0 Å². The van der Waals surface area contributed by atoms with Crippen LogP contribution in [0.5, 0.6) is 0 Å². The molecule has 0 aromatic carbocycles. The van der Waals surface area contributed by atoms with Gasteiger partial charge in [0.1, 0.15) is 0 Å². The minimum Gasteiger partial charge on any atom is -0.171 e. The maximum absolute atomic E-state index is 12.7. The molecule has 13 heavy (non-hydrogen) atoms. The fraction of sp³-hybridized carbons (Fsp3) is 1.00. The van der Waals surface area contributed by atoms with Gasteiger partial charge in [0.05, 0.1) is 5.41 Å². The van der Waals surface area contributed by atoms with Crippen LogP contribution in [0.4, 0.5) is 13.2 Å². The number of rotatable bonds is 0. The monoisotopic (exact) mass is 192 g/mol. The van der Waals surface area contributed by atoms with Crippen molar-refractivity contribution in [3.8, 4) is 0 Å². The minimum absolute atomic E-state index is 0.104. The second-order valence-corrected chi connectivity index (χ2v) is 5.03. The third kappa shape index (κ3) is 1.12. The summed E-state index contributed by atoms with van der Waals surface area (Å²) in [6.07, 6.45) is -2.05. The third-order valence-corrected chi connectivity index (χ3v) is 4.28. The third-order valence-electron chi connectivity index (χ3n) is 4.28. The molecule has 0 nitrogen and oxygen atoms in total. The van der Waals surface area contributed by atoms with Crippen molar-refractivity contribution in [2.45, 2.75) is 39.3 Å². The largest absolute Gasteiger partial charge is 0.394 e. The fourth-order valence-corrected chi connectivity index (χ4v) is 3.20. The van der Waals surface area contributed by atoms with Gasteiger partial charge >= 0.3 is 6.18 Å². The second kappa shape index (κ2) is 2.43. The van der Waals surface area contributed by atoms with Crippen LogP contribution in [0.25, 0.3) is 0 Å². The molecular formula is C10H15F3. The maximum Gasteiger partial charge on any atom is 0.394 e. The standard InChI is InChI=1S/C10H15F3/c1-6-3-8-4-7(6)5-9(8,2)10(11,12)13/h6-8H,3-5H2,1-2H3. The number of alkyl halides is 3. The van der Waals surface area contributed by atoms with Crippen molar-refractivity contribution < 1.29 is 13.2 Å². The van der Waals surface area contributed by atoms with E-state index in [9.17, 15) is 13.2 Å². The van der Waals surface area contributed by atoms with Crippen LogP contribution in [0.2, 0.25) is 0 Å². The summed E-state index contributed by atoms with van der Waals surface area (Å²) in [5.41, 5.74) is -1.37. The summed E-state index contributed by atoms with van der Waals surface area (Å²) < 4.78 is 38.2. The minimum atomic E-state index is -3.99. The average molecular weight is 192 g/mol. The molecule has 2 saturated carbocycles. The highest BCUT2D eigenvalue weighted by Gasteiger charge is 2.63. The van der Waals surface area contributed by atoms with E-state index in [0.29, 0.717) is 18.3 Å². The van der Waals surface area contributed by atoms with Crippen molar-refractivity contribution >= 4 is 0 Å². The Morgan fingerprint density at radius 2 is 1.85 bits per heavy atom. The van der Waals surface area contributed by atoms with Crippen LogP contribution in [0.15, 0.2) is 0 Å². The molecule has 4 unspecified atom stereocenters. The van der Waals surface area contributed by atoms with Crippen LogP contribution in [0.1, 0.15) is 33.1 Å². The Labute approximate surface area is 76.5 Å². The summed E-state index contributed by atoms with van der Waals surface area (Å²) in [5, 5.41) is 0. The first-order valence-electron chi connectivity index (χ1n) is 4.91. The van der Waals surface area contributed by atoms with Gasteiger partial charge in [-0.15, -0.1) is 0 Å². The van der Waals surface area contributed by atoms with Gasteiger partial charge in [-0.25, -0.2) is 0 Å². The van der Waals surface area contributed by atoms with Gasteiger partial charge in [-0.3, -0.25) is 0 Å². The first-order chi connectivity index (χ1) is 5.84. The molecule has 3 heteroatoms. The highest BCUT2D eigenvalue weighted by atomic mass is 19.4. The Kier molecular flexibility index (Phi) is 1.74. The average Bonchev–Trinajstić information content (AvgIpc) is 2.42. The van der Waals surface area contributed by atoms with Gasteiger partial charge in [0.2, 0.25) is 0 Å². The van der Waals surface area contributed by atoms with E-state index in [1.165, 1.54) is 6.92 Å². The molecule has 2 aliphatic carbocycles. The van der Waals surface area contributed by atoms with Crippen molar-refractivity contribution in [1.29, 1.82) is 0 Å². The molecule has 2 fully saturated rings. The lowest BCUT2D eigenvalue weighted by Gasteiger charge is -2.37. The van der Waals surface area contributed by atoms with Crippen LogP contribution in [-0.4, -0.2) is 6.18 Å². The van der Waals surface area contributed by atoms with E-state index in [0.717, 1.165) is 12.8 Å². The summed E-state index contributed by atoms with van der Waals surface area (Å²) in [6, 6.07) is 0. The first-order valence-corrected chi connectivity index (χ1v) is 4.91. The summed E-state index contributed by atoms with van der Waals surface area (Å²) in [7, 11) is 0. The topological polar surface area (TPSA) is 0 Å². The van der Waals surface area contributed by atoms with Crippen LogP contribution in [-0.2, 0) is 0 Å². The van der Waals surface area contributed by atoms with E-state index < -0.39 is 11.6 Å². The Hall–Kier alpha value is -0.210. The number of fused-ring (bicyclic) bond motifs is 2. The molecule has 0 heterocycles. The van der Waals surface area contributed by atoms with Gasteiger partial charge in [0.25, 0.3) is 0 Å². The van der Waals surface area contributed by atoms with Crippen molar-refractivity contribution in [3.05, 3.63) is 0 Å². The van der Waals surface area contributed by atoms with Gasteiger partial charge in [-0.1, -0.05) is 13.8 Å². The molecule has 0 aliphatic heterocycles. The van der Waals surface area contributed by atoms with E-state index in [-0.39, 0.29) is 5.92 Å². The number of halogens is 3. The Bertz CT molecular complexity index is 219. The lowest BCUT2D eigenvalue weighted by molar-refractivity contribution is -0.236. The van der Waals surface area contributed by atoms with Crippen LogP contribution in [0, 0.1) is 23.2 Å². The summed E-state index contributed by atoms with van der Waals surface area (Å²) in [6.45, 7) is 3.49. The lowest BCUT2D eigenvalue weighted by Crippen LogP contribution is -2.40. The zero-order valence-corrected chi connectivity index (χ0v) is 7.99. The molecule has 76 valence electrons. The number of hydrogen-bond acceptors (Lipinski definition) is 0. The molecule has 0 saturated heterocycles. The van der Waals surface area contributed by atoms with Crippen LogP contribution in [0.3, 0.4) is 0 Å². The van der Waals surface area contributed by atoms with Gasteiger partial charge in [0, 0.05) is 0 Å². The summed E-state index contributed by atoms with van der Waals surface area (Å²) in [5.74, 6) is 0.740. The van der Waals surface area contributed by atoms with Crippen molar-refractivity contribution in [1.82, 2.24) is 0 Å². The lowest BCUT2D eigenvalue weighted by atomic mass is 9.71. The predicted molar refractivity (Wildman–Crippen MR) is 44.2 cm³/mol. The van der Waals surface area contributed by atoms with E-state index in [4.69, 9.17) is 0 Å². The fourth-order valence-electron chi connectivity index (χ4n) is 3.20. The molecule has 0 radical (unpaired) electrons. The first kappa shape index (κ1) is 9.35. The van der Waals surface area contributed by atoms with E-state index >= 15 is 0 Å². The predicted octanol–water partition coefficient (Wildman–Crippen LogP) is 3.62. The Balaban J connectivity index is 2.22. The van der Waals surface area contributed by atoms with E-state index in [1.807, 2.05) is 0 Å². The normalized spacial score (nSPS) is 50.1. The maximum atomic E-state index is 12.7. The van der Waals surface area contributed by atoms with Gasteiger partial charge in [-0.2, -0.15) is 13.2 Å². The van der Waals surface area contributed by atoms with Crippen LogP contribution < -0.4 is 0 Å². The smallest absolute Gasteiger partial charge is 0.171 e. The molecule has 4 atom stereocenters. The zero-order valence-electron chi connectivity index (χ0n) is 7.99. The van der Waals surface area contributed by atoms with Crippen molar-refractivity contribution in [2.24, 2.45) is 23.2 Å². The van der Waals surface area contributed by atoms with Crippen LogP contribution >= 0.6 is 0 Å². The Morgan fingerprint density at radius 1 is 1.23 bits per heavy atom. The zero-order chi connectivity index (χ0) is 9.85. The molecule has 0 amide bonds. The quantitative estimate of drug-likeness (QED) is 0.550. The second-order valence-electron chi connectivity index (χ2n) is 5.03. The van der Waals surface area contributed by atoms with E-state index in [2.05, 4.69) is 6.92 Å². The highest BCUT2D eigenvalue weighted by molar-refractivity contribution is 5.03. The summed E-state index contributed by atoms with van der Waals surface area (Å²) in [4.78, 5) is 0. The van der Waals surface area contributed by atoms with Gasteiger partial charge in [0.15, 0.2) is 0 Å². The molecule has 2 aliphatic rings. The van der Waals surface area contributed by atoms with Crippen molar-refractivity contribution in [2.75, 3.05) is 0 Å². The van der Waals surface area contributed by atoms with E-state index in [1.54, 1.807) is 0 Å². The highest BCUT2D eigenvalue weighted by Crippen LogP contribution is 2.63. The summed E-state index contributed by atoms with van der Waals surface area (Å²) >= 11 is 0. The number of hydrogen-bond donors (Lipinski definition) is 0. The molecule has 0 aromatic heterocycles. The Morgan fingerprint density at radius 3 is 2.15 bits per heavy atom.